The highest BCUT2D eigenvalue weighted by atomic mass is 19.1. The van der Waals surface area contributed by atoms with E-state index < -0.39 is 11.8 Å². The van der Waals surface area contributed by atoms with Crippen LogP contribution < -0.4 is 10.6 Å². The maximum atomic E-state index is 12.8. The van der Waals surface area contributed by atoms with Gasteiger partial charge in [-0.3, -0.25) is 19.9 Å². The molecule has 0 spiro atoms. The number of oxazole rings is 1. The molecule has 0 saturated carbocycles. The lowest BCUT2D eigenvalue weighted by atomic mass is 10.1. The summed E-state index contributed by atoms with van der Waals surface area (Å²) in [4.78, 5) is 35.5. The second-order valence-corrected chi connectivity index (χ2v) is 5.22. The lowest BCUT2D eigenvalue weighted by molar-refractivity contribution is 0.0947. The molecule has 0 bridgehead atoms. The van der Waals surface area contributed by atoms with Crippen molar-refractivity contribution in [2.24, 2.45) is 0 Å². The quantitative estimate of drug-likeness (QED) is 0.698. The molecule has 0 unspecified atom stereocenters. The second kappa shape index (κ2) is 7.97. The first-order chi connectivity index (χ1) is 12.6. The van der Waals surface area contributed by atoms with Crippen LogP contribution in [0.25, 0.3) is 0 Å². The zero-order chi connectivity index (χ0) is 18.4. The van der Waals surface area contributed by atoms with Crippen LogP contribution in [0.3, 0.4) is 0 Å². The molecule has 2 aromatic heterocycles. The topological polar surface area (TPSA) is 110 Å². The molecule has 3 aromatic rings. The van der Waals surface area contributed by atoms with E-state index in [0.717, 1.165) is 11.8 Å². The van der Waals surface area contributed by atoms with Gasteiger partial charge in [-0.2, -0.15) is 4.98 Å². The summed E-state index contributed by atoms with van der Waals surface area (Å²) < 4.78 is 17.9. The van der Waals surface area contributed by atoms with Crippen molar-refractivity contribution in [2.75, 3.05) is 11.9 Å². The molecule has 9 heteroatoms. The van der Waals surface area contributed by atoms with Gasteiger partial charge in [-0.25, -0.2) is 9.37 Å². The van der Waals surface area contributed by atoms with Crippen LogP contribution in [0.15, 0.2) is 53.5 Å². The number of benzene rings is 1. The molecule has 0 saturated heterocycles. The monoisotopic (exact) mass is 355 g/mol. The van der Waals surface area contributed by atoms with Gasteiger partial charge in [0, 0.05) is 18.9 Å². The Morgan fingerprint density at radius 1 is 1.08 bits per heavy atom. The van der Waals surface area contributed by atoms with E-state index in [-0.39, 0.29) is 23.2 Å². The fraction of sp³-hybridized carbons (Fsp3) is 0.118. The maximum Gasteiger partial charge on any atom is 0.302 e. The first kappa shape index (κ1) is 17.2. The summed E-state index contributed by atoms with van der Waals surface area (Å²) in [5.74, 6) is -1.31. The summed E-state index contributed by atoms with van der Waals surface area (Å²) >= 11 is 0. The highest BCUT2D eigenvalue weighted by Gasteiger charge is 2.15. The van der Waals surface area contributed by atoms with Gasteiger partial charge in [0.1, 0.15) is 17.8 Å². The summed E-state index contributed by atoms with van der Waals surface area (Å²) in [6.07, 6.45) is 5.79. The van der Waals surface area contributed by atoms with Crippen LogP contribution in [0.1, 0.15) is 26.5 Å². The van der Waals surface area contributed by atoms with Gasteiger partial charge in [0.2, 0.25) is 0 Å². The highest BCUT2D eigenvalue weighted by Crippen LogP contribution is 2.09. The fourth-order valence-electron chi connectivity index (χ4n) is 2.07. The van der Waals surface area contributed by atoms with Gasteiger partial charge < -0.3 is 9.73 Å². The first-order valence-corrected chi connectivity index (χ1v) is 7.67. The molecular weight excluding hydrogens is 341 g/mol. The standard InChI is InChI=1S/C17H14FN5O3/c18-12-3-1-11(2-4-12)5-6-21-15(24)14-10-26-17(22-14)23-16(25)13-9-19-7-8-20-13/h1-4,7-10H,5-6H2,(H,21,24)(H,22,23,25). The Bertz CT molecular complexity index is 896. The number of aromatic nitrogens is 3. The number of amides is 2. The molecule has 0 atom stereocenters. The van der Waals surface area contributed by atoms with Gasteiger partial charge in [-0.05, 0) is 24.1 Å². The van der Waals surface area contributed by atoms with Crippen LogP contribution in [0.5, 0.6) is 0 Å². The van der Waals surface area contributed by atoms with Crippen molar-refractivity contribution < 1.29 is 18.4 Å². The van der Waals surface area contributed by atoms with Gasteiger partial charge in [0.05, 0.1) is 6.20 Å². The van der Waals surface area contributed by atoms with Gasteiger partial charge in [-0.15, -0.1) is 0 Å². The normalized spacial score (nSPS) is 10.3. The molecule has 0 aliphatic rings. The van der Waals surface area contributed by atoms with Crippen molar-refractivity contribution in [1.82, 2.24) is 20.3 Å². The number of anilines is 1. The molecular formula is C17H14FN5O3. The van der Waals surface area contributed by atoms with Gasteiger partial charge >= 0.3 is 6.01 Å². The van der Waals surface area contributed by atoms with Crippen LogP contribution in [-0.2, 0) is 6.42 Å². The first-order valence-electron chi connectivity index (χ1n) is 7.67. The lowest BCUT2D eigenvalue weighted by Gasteiger charge is -2.03. The molecule has 0 fully saturated rings. The van der Waals surface area contributed by atoms with Gasteiger partial charge in [-0.1, -0.05) is 12.1 Å². The summed E-state index contributed by atoms with van der Waals surface area (Å²) in [7, 11) is 0. The van der Waals surface area contributed by atoms with Crippen LogP contribution in [0.4, 0.5) is 10.4 Å². The van der Waals surface area contributed by atoms with Gasteiger partial charge in [0.25, 0.3) is 11.8 Å². The molecule has 2 N–H and O–H groups in total. The maximum absolute atomic E-state index is 12.8. The lowest BCUT2D eigenvalue weighted by Crippen LogP contribution is -2.26. The van der Waals surface area contributed by atoms with E-state index in [1.54, 1.807) is 12.1 Å². The molecule has 0 aliphatic heterocycles. The predicted octanol–water partition coefficient (Wildman–Crippen LogP) is 1.83. The molecule has 0 radical (unpaired) electrons. The smallest absolute Gasteiger partial charge is 0.302 e. The fourth-order valence-corrected chi connectivity index (χ4v) is 2.07. The summed E-state index contributed by atoms with van der Waals surface area (Å²) in [6, 6.07) is 5.90. The number of rotatable bonds is 6. The van der Waals surface area contributed by atoms with Crippen molar-refractivity contribution >= 4 is 17.8 Å². The number of hydrogen-bond acceptors (Lipinski definition) is 6. The summed E-state index contributed by atoms with van der Waals surface area (Å²) in [6.45, 7) is 0.346. The van der Waals surface area contributed by atoms with E-state index in [1.807, 2.05) is 0 Å². The average molecular weight is 355 g/mol. The van der Waals surface area contributed by atoms with Crippen LogP contribution in [0.2, 0.25) is 0 Å². The zero-order valence-corrected chi connectivity index (χ0v) is 13.5. The molecule has 2 amide bonds. The average Bonchev–Trinajstić information content (AvgIpc) is 3.12. The van der Waals surface area contributed by atoms with Crippen LogP contribution >= 0.6 is 0 Å². The number of nitrogens with one attached hydrogen (secondary N) is 2. The Kier molecular flexibility index (Phi) is 5.28. The highest BCUT2D eigenvalue weighted by molar-refractivity contribution is 6.01. The Hall–Kier alpha value is -3.62. The third-order valence-corrected chi connectivity index (χ3v) is 3.37. The Morgan fingerprint density at radius 3 is 2.62 bits per heavy atom. The Morgan fingerprint density at radius 2 is 1.88 bits per heavy atom. The van der Waals surface area contributed by atoms with E-state index in [1.165, 1.54) is 30.7 Å². The molecule has 0 aliphatic carbocycles. The van der Waals surface area contributed by atoms with Crippen molar-refractivity contribution in [3.8, 4) is 0 Å². The number of hydrogen-bond donors (Lipinski definition) is 2. The van der Waals surface area contributed by atoms with Crippen molar-refractivity contribution in [3.05, 3.63) is 71.9 Å². The van der Waals surface area contributed by atoms with E-state index in [4.69, 9.17) is 4.42 Å². The summed E-state index contributed by atoms with van der Waals surface area (Å²) in [5.41, 5.74) is 1.01. The number of carbonyl (C=O) groups is 2. The third kappa shape index (κ3) is 4.47. The number of nitrogens with zero attached hydrogens (tertiary/aromatic N) is 3. The van der Waals surface area contributed by atoms with E-state index in [2.05, 4.69) is 25.6 Å². The number of halogens is 1. The Labute approximate surface area is 147 Å². The summed E-state index contributed by atoms with van der Waals surface area (Å²) in [5, 5.41) is 5.06. The minimum absolute atomic E-state index is 0.0264. The van der Waals surface area contributed by atoms with Gasteiger partial charge in [0.15, 0.2) is 5.69 Å². The molecule has 26 heavy (non-hydrogen) atoms. The van der Waals surface area contributed by atoms with E-state index in [9.17, 15) is 14.0 Å². The van der Waals surface area contributed by atoms with E-state index >= 15 is 0 Å². The largest absolute Gasteiger partial charge is 0.431 e. The number of carbonyl (C=O) groups excluding carboxylic acids is 2. The van der Waals surface area contributed by atoms with Crippen LogP contribution in [0, 0.1) is 5.82 Å². The minimum Gasteiger partial charge on any atom is -0.431 e. The van der Waals surface area contributed by atoms with Crippen LogP contribution in [-0.4, -0.2) is 33.3 Å². The molecule has 1 aromatic carbocycles. The van der Waals surface area contributed by atoms with Crippen molar-refractivity contribution in [2.45, 2.75) is 6.42 Å². The van der Waals surface area contributed by atoms with E-state index in [0.29, 0.717) is 13.0 Å². The third-order valence-electron chi connectivity index (χ3n) is 3.37. The zero-order valence-electron chi connectivity index (χ0n) is 13.5. The SMILES string of the molecule is O=C(NCCc1ccc(F)cc1)c1coc(NC(=O)c2cnccn2)n1. The molecule has 132 valence electrons. The minimum atomic E-state index is -0.553. The molecule has 8 nitrogen and oxygen atoms in total. The predicted molar refractivity (Wildman–Crippen MR) is 88.9 cm³/mol. The Balaban J connectivity index is 1.51. The second-order valence-electron chi connectivity index (χ2n) is 5.22. The van der Waals surface area contributed by atoms with Crippen molar-refractivity contribution in [3.63, 3.8) is 0 Å². The van der Waals surface area contributed by atoms with Crippen molar-refractivity contribution in [1.29, 1.82) is 0 Å². The molecule has 2 heterocycles. The molecule has 3 rings (SSSR count).